The predicted molar refractivity (Wildman–Crippen MR) is 90.1 cm³/mol. The van der Waals surface area contributed by atoms with Crippen molar-refractivity contribution in [3.63, 3.8) is 0 Å². The molecule has 0 saturated heterocycles. The first kappa shape index (κ1) is 15.1. The van der Waals surface area contributed by atoms with E-state index in [9.17, 15) is 4.79 Å². The molecule has 2 nitrogen and oxygen atoms in total. The number of Topliss-reactive ketones (excluding diaryl/α,β-unsaturated/α-hetero) is 1. The third kappa shape index (κ3) is 2.77. The van der Waals surface area contributed by atoms with E-state index in [1.807, 2.05) is 30.3 Å². The van der Waals surface area contributed by atoms with Crippen molar-refractivity contribution >= 4 is 35.1 Å². The van der Waals surface area contributed by atoms with E-state index in [4.69, 9.17) is 27.9 Å². The first-order valence-corrected chi connectivity index (χ1v) is 7.72. The molecule has 4 heteroatoms. The Morgan fingerprint density at radius 3 is 2.64 bits per heavy atom. The molecule has 0 heterocycles. The van der Waals surface area contributed by atoms with E-state index in [0.717, 1.165) is 34.4 Å². The van der Waals surface area contributed by atoms with Gasteiger partial charge in [-0.25, -0.2) is 0 Å². The Morgan fingerprint density at radius 1 is 1.09 bits per heavy atom. The van der Waals surface area contributed by atoms with Crippen molar-refractivity contribution in [3.05, 3.63) is 68.7 Å². The maximum atomic E-state index is 12.7. The number of ether oxygens (including phenoxy) is 1. The number of hydrogen-bond donors (Lipinski definition) is 0. The zero-order valence-electron chi connectivity index (χ0n) is 12.0. The van der Waals surface area contributed by atoms with Crippen LogP contribution < -0.4 is 4.74 Å². The standard InChI is InChI=1S/C18H14Cl2O2/c1-22-17-4-2-3-14-13(17)7-6-12(18(14)21)9-11-5-8-15(19)16(20)10-11/h2-5,8-10H,6-7H2,1H3. The number of hydrogen-bond acceptors (Lipinski definition) is 2. The van der Waals surface area contributed by atoms with E-state index in [-0.39, 0.29) is 5.78 Å². The van der Waals surface area contributed by atoms with Crippen LogP contribution in [0.2, 0.25) is 10.0 Å². The average Bonchev–Trinajstić information content (AvgIpc) is 2.53. The molecule has 1 aliphatic rings. The second-order valence-corrected chi connectivity index (χ2v) is 5.97. The van der Waals surface area contributed by atoms with Gasteiger partial charge in [-0.2, -0.15) is 0 Å². The first-order valence-electron chi connectivity index (χ1n) is 6.96. The van der Waals surface area contributed by atoms with Crippen molar-refractivity contribution in [1.82, 2.24) is 0 Å². The minimum absolute atomic E-state index is 0.0474. The summed E-state index contributed by atoms with van der Waals surface area (Å²) in [6.07, 6.45) is 3.36. The van der Waals surface area contributed by atoms with Crippen molar-refractivity contribution in [2.24, 2.45) is 0 Å². The quantitative estimate of drug-likeness (QED) is 0.705. The largest absolute Gasteiger partial charge is 0.496 e. The van der Waals surface area contributed by atoms with E-state index < -0.39 is 0 Å². The third-order valence-corrected chi connectivity index (χ3v) is 4.56. The first-order chi connectivity index (χ1) is 10.6. The maximum Gasteiger partial charge on any atom is 0.189 e. The van der Waals surface area contributed by atoms with Gasteiger partial charge in [0, 0.05) is 16.7 Å². The molecule has 0 aliphatic heterocycles. The molecule has 0 N–H and O–H groups in total. The van der Waals surface area contributed by atoms with Gasteiger partial charge in [-0.15, -0.1) is 0 Å². The van der Waals surface area contributed by atoms with Gasteiger partial charge in [-0.1, -0.05) is 41.4 Å². The van der Waals surface area contributed by atoms with E-state index in [2.05, 4.69) is 0 Å². The molecule has 0 aromatic heterocycles. The summed E-state index contributed by atoms with van der Waals surface area (Å²) in [6.45, 7) is 0. The number of ketones is 1. The van der Waals surface area contributed by atoms with Crippen LogP contribution in [0.15, 0.2) is 42.0 Å². The fourth-order valence-electron chi connectivity index (χ4n) is 2.71. The zero-order valence-corrected chi connectivity index (χ0v) is 13.5. The van der Waals surface area contributed by atoms with Gasteiger partial charge in [0.05, 0.1) is 17.2 Å². The van der Waals surface area contributed by atoms with E-state index in [1.165, 1.54) is 0 Å². The van der Waals surface area contributed by atoms with Gasteiger partial charge in [0.15, 0.2) is 5.78 Å². The van der Waals surface area contributed by atoms with Crippen LogP contribution in [0.25, 0.3) is 6.08 Å². The molecular formula is C18H14Cl2O2. The summed E-state index contributed by atoms with van der Waals surface area (Å²) >= 11 is 11.9. The lowest BCUT2D eigenvalue weighted by molar-refractivity contribution is 0.102. The van der Waals surface area contributed by atoms with Gasteiger partial charge in [0.2, 0.25) is 0 Å². The maximum absolute atomic E-state index is 12.7. The van der Waals surface area contributed by atoms with Crippen LogP contribution in [0, 0.1) is 0 Å². The van der Waals surface area contributed by atoms with E-state index in [0.29, 0.717) is 16.5 Å². The molecule has 112 valence electrons. The Bertz CT molecular complexity index is 779. The van der Waals surface area contributed by atoms with Crippen molar-refractivity contribution in [2.45, 2.75) is 12.8 Å². The molecular weight excluding hydrogens is 319 g/mol. The number of fused-ring (bicyclic) bond motifs is 1. The van der Waals surface area contributed by atoms with Gasteiger partial charge in [0.1, 0.15) is 5.75 Å². The minimum atomic E-state index is 0.0474. The molecule has 1 aliphatic carbocycles. The van der Waals surface area contributed by atoms with Gasteiger partial charge in [-0.05, 0) is 42.7 Å². The summed E-state index contributed by atoms with van der Waals surface area (Å²) in [5.41, 5.74) is 3.36. The lowest BCUT2D eigenvalue weighted by atomic mass is 9.85. The number of rotatable bonds is 2. The summed E-state index contributed by atoms with van der Waals surface area (Å²) < 4.78 is 5.34. The fourth-order valence-corrected chi connectivity index (χ4v) is 3.02. The van der Waals surface area contributed by atoms with E-state index in [1.54, 1.807) is 19.2 Å². The molecule has 3 rings (SSSR count). The molecule has 0 saturated carbocycles. The number of carbonyl (C=O) groups is 1. The monoisotopic (exact) mass is 332 g/mol. The van der Waals surface area contributed by atoms with Crippen LogP contribution in [0.5, 0.6) is 5.75 Å². The highest BCUT2D eigenvalue weighted by Crippen LogP contribution is 2.33. The highest BCUT2D eigenvalue weighted by molar-refractivity contribution is 6.42. The van der Waals surface area contributed by atoms with Crippen LogP contribution >= 0.6 is 23.2 Å². The molecule has 2 aromatic rings. The second kappa shape index (κ2) is 6.15. The fraction of sp³-hybridized carbons (Fsp3) is 0.167. The molecule has 0 bridgehead atoms. The zero-order chi connectivity index (χ0) is 15.7. The topological polar surface area (TPSA) is 26.3 Å². The molecule has 0 amide bonds. The average molecular weight is 333 g/mol. The van der Waals surface area contributed by atoms with Crippen molar-refractivity contribution < 1.29 is 9.53 Å². The Labute approximate surface area is 139 Å². The highest BCUT2D eigenvalue weighted by Gasteiger charge is 2.24. The van der Waals surface area contributed by atoms with E-state index >= 15 is 0 Å². The van der Waals surface area contributed by atoms with Crippen molar-refractivity contribution in [3.8, 4) is 5.75 Å². The second-order valence-electron chi connectivity index (χ2n) is 5.16. The number of methoxy groups -OCH3 is 1. The van der Waals surface area contributed by atoms with Crippen LogP contribution in [-0.2, 0) is 6.42 Å². The Morgan fingerprint density at radius 2 is 1.91 bits per heavy atom. The van der Waals surface area contributed by atoms with Gasteiger partial charge >= 0.3 is 0 Å². The van der Waals surface area contributed by atoms with Crippen LogP contribution in [0.4, 0.5) is 0 Å². The highest BCUT2D eigenvalue weighted by atomic mass is 35.5. The van der Waals surface area contributed by atoms with Crippen molar-refractivity contribution in [2.75, 3.05) is 7.11 Å². The smallest absolute Gasteiger partial charge is 0.189 e. The number of allylic oxidation sites excluding steroid dienone is 1. The Hall–Kier alpha value is -1.77. The normalized spacial score (nSPS) is 15.8. The number of carbonyl (C=O) groups excluding carboxylic acids is 1. The summed E-state index contributed by atoms with van der Waals surface area (Å²) in [4.78, 5) is 12.7. The van der Waals surface area contributed by atoms with Gasteiger partial charge in [0.25, 0.3) is 0 Å². The molecule has 0 fully saturated rings. The minimum Gasteiger partial charge on any atom is -0.496 e. The summed E-state index contributed by atoms with van der Waals surface area (Å²) in [6, 6.07) is 10.9. The Kier molecular flexibility index (Phi) is 4.23. The SMILES string of the molecule is COc1cccc2c1CCC(=Cc1ccc(Cl)c(Cl)c1)C2=O. The molecule has 0 unspecified atom stereocenters. The molecule has 0 spiro atoms. The lowest BCUT2D eigenvalue weighted by Gasteiger charge is -2.19. The summed E-state index contributed by atoms with van der Waals surface area (Å²) in [7, 11) is 1.63. The van der Waals surface area contributed by atoms with Crippen LogP contribution in [-0.4, -0.2) is 12.9 Å². The summed E-state index contributed by atoms with van der Waals surface area (Å²) in [5, 5.41) is 0.996. The lowest BCUT2D eigenvalue weighted by Crippen LogP contribution is -2.15. The third-order valence-electron chi connectivity index (χ3n) is 3.82. The Balaban J connectivity index is 1.99. The summed E-state index contributed by atoms with van der Waals surface area (Å²) in [5.74, 6) is 0.825. The van der Waals surface area contributed by atoms with Gasteiger partial charge in [-0.3, -0.25) is 4.79 Å². The number of benzene rings is 2. The molecule has 22 heavy (non-hydrogen) atoms. The molecule has 0 radical (unpaired) electrons. The van der Waals surface area contributed by atoms with Crippen molar-refractivity contribution in [1.29, 1.82) is 0 Å². The predicted octanol–water partition coefficient (Wildman–Crippen LogP) is 5.21. The van der Waals surface area contributed by atoms with Crippen LogP contribution in [0.3, 0.4) is 0 Å². The van der Waals surface area contributed by atoms with Crippen LogP contribution in [0.1, 0.15) is 27.9 Å². The number of halogens is 2. The molecule has 0 atom stereocenters. The molecule has 2 aromatic carbocycles. The van der Waals surface area contributed by atoms with Gasteiger partial charge < -0.3 is 4.74 Å².